The quantitative estimate of drug-likeness (QED) is 0.690. The number of aromatic nitrogens is 2. The lowest BCUT2D eigenvalue weighted by atomic mass is 10.2. The summed E-state index contributed by atoms with van der Waals surface area (Å²) in [5.74, 6) is -0.925. The first-order chi connectivity index (χ1) is 12.9. The number of ether oxygens (including phenoxy) is 1. The SMILES string of the molecule is CC(O)C(=O)OC(C)C(=O)N1CCN/C1=N\c1ccc2nccnc2c1Br. The second kappa shape index (κ2) is 7.97. The zero-order valence-electron chi connectivity index (χ0n) is 14.7. The van der Waals surface area contributed by atoms with E-state index in [1.165, 1.54) is 18.7 Å². The molecule has 2 N–H and O–H groups in total. The molecule has 0 spiro atoms. The molecule has 2 aromatic rings. The van der Waals surface area contributed by atoms with E-state index in [-0.39, 0.29) is 0 Å². The smallest absolute Gasteiger partial charge is 0.335 e. The van der Waals surface area contributed by atoms with Crippen LogP contribution in [0.2, 0.25) is 0 Å². The van der Waals surface area contributed by atoms with E-state index >= 15 is 0 Å². The maximum Gasteiger partial charge on any atom is 0.335 e. The van der Waals surface area contributed by atoms with E-state index in [1.807, 2.05) is 0 Å². The van der Waals surface area contributed by atoms with Crippen molar-refractivity contribution in [3.8, 4) is 0 Å². The first kappa shape index (κ1) is 19.2. The average molecular weight is 436 g/mol. The highest BCUT2D eigenvalue weighted by Crippen LogP contribution is 2.31. The molecule has 1 amide bonds. The number of nitrogens with one attached hydrogen (secondary N) is 1. The molecule has 1 aromatic carbocycles. The average Bonchev–Trinajstić information content (AvgIpc) is 3.11. The molecule has 0 aliphatic carbocycles. The number of esters is 1. The summed E-state index contributed by atoms with van der Waals surface area (Å²) in [5.41, 5.74) is 1.97. The van der Waals surface area contributed by atoms with Crippen molar-refractivity contribution < 1.29 is 19.4 Å². The van der Waals surface area contributed by atoms with Crippen molar-refractivity contribution in [3.63, 3.8) is 0 Å². The van der Waals surface area contributed by atoms with Gasteiger partial charge in [0, 0.05) is 25.5 Å². The first-order valence-corrected chi connectivity index (χ1v) is 9.09. The van der Waals surface area contributed by atoms with Gasteiger partial charge in [0.1, 0.15) is 11.6 Å². The Morgan fingerprint density at radius 2 is 2.07 bits per heavy atom. The lowest BCUT2D eigenvalue weighted by molar-refractivity contribution is -0.163. The lowest BCUT2D eigenvalue weighted by Crippen LogP contribution is -2.43. The summed E-state index contributed by atoms with van der Waals surface area (Å²) in [7, 11) is 0. The molecule has 27 heavy (non-hydrogen) atoms. The number of halogens is 1. The molecule has 0 radical (unpaired) electrons. The number of amides is 1. The maximum absolute atomic E-state index is 12.6. The summed E-state index contributed by atoms with van der Waals surface area (Å²) in [6.45, 7) is 3.65. The van der Waals surface area contributed by atoms with E-state index < -0.39 is 24.1 Å². The van der Waals surface area contributed by atoms with E-state index in [2.05, 4.69) is 36.2 Å². The molecular formula is C17H18BrN5O4. The van der Waals surface area contributed by atoms with Crippen molar-refractivity contribution in [1.82, 2.24) is 20.2 Å². The molecule has 1 saturated heterocycles. The predicted octanol–water partition coefficient (Wildman–Crippen LogP) is 1.12. The summed E-state index contributed by atoms with van der Waals surface area (Å²) in [6.07, 6.45) is 0.865. The van der Waals surface area contributed by atoms with Crippen molar-refractivity contribution in [2.75, 3.05) is 13.1 Å². The Hall–Kier alpha value is -2.59. The van der Waals surface area contributed by atoms with Gasteiger partial charge in [0.05, 0.1) is 15.7 Å². The van der Waals surface area contributed by atoms with Crippen LogP contribution < -0.4 is 5.32 Å². The van der Waals surface area contributed by atoms with E-state index in [4.69, 9.17) is 4.74 Å². The van der Waals surface area contributed by atoms with Gasteiger partial charge in [0.15, 0.2) is 6.10 Å². The van der Waals surface area contributed by atoms with Gasteiger partial charge < -0.3 is 15.2 Å². The monoisotopic (exact) mass is 435 g/mol. The van der Waals surface area contributed by atoms with Crippen LogP contribution in [0.3, 0.4) is 0 Å². The van der Waals surface area contributed by atoms with Gasteiger partial charge >= 0.3 is 5.97 Å². The minimum Gasteiger partial charge on any atom is -0.451 e. The largest absolute Gasteiger partial charge is 0.451 e. The van der Waals surface area contributed by atoms with Crippen LogP contribution in [0.15, 0.2) is 34.0 Å². The van der Waals surface area contributed by atoms with Crippen LogP contribution in [-0.4, -0.2) is 63.1 Å². The summed E-state index contributed by atoms with van der Waals surface area (Å²) in [6, 6.07) is 3.56. The second-order valence-corrected chi connectivity index (χ2v) is 6.72. The highest BCUT2D eigenvalue weighted by Gasteiger charge is 2.31. The standard InChI is InChI=1S/C17H18BrN5O4/c1-9(24)16(26)27-10(2)15(25)23-8-7-21-17(23)22-11-3-4-12-14(13(11)18)20-6-5-19-12/h3-6,9-10,24H,7-8H2,1-2H3,(H,21,22). The molecular weight excluding hydrogens is 418 g/mol. The molecule has 142 valence electrons. The third-order valence-electron chi connectivity index (χ3n) is 3.91. The number of hydrogen-bond donors (Lipinski definition) is 2. The van der Waals surface area contributed by atoms with Crippen LogP contribution >= 0.6 is 15.9 Å². The van der Waals surface area contributed by atoms with Crippen molar-refractivity contribution in [3.05, 3.63) is 29.0 Å². The van der Waals surface area contributed by atoms with Gasteiger partial charge in [-0.15, -0.1) is 0 Å². The Morgan fingerprint density at radius 1 is 1.33 bits per heavy atom. The summed E-state index contributed by atoms with van der Waals surface area (Å²) in [5, 5.41) is 12.3. The number of carbonyl (C=O) groups excluding carboxylic acids is 2. The first-order valence-electron chi connectivity index (χ1n) is 8.30. The van der Waals surface area contributed by atoms with E-state index in [1.54, 1.807) is 24.5 Å². The van der Waals surface area contributed by atoms with Crippen LogP contribution in [0.5, 0.6) is 0 Å². The number of aliphatic hydroxyl groups excluding tert-OH is 1. The van der Waals surface area contributed by atoms with Crippen molar-refractivity contribution in [2.45, 2.75) is 26.1 Å². The maximum atomic E-state index is 12.6. The molecule has 2 heterocycles. The Balaban J connectivity index is 1.85. The highest BCUT2D eigenvalue weighted by atomic mass is 79.9. The molecule has 1 fully saturated rings. The molecule has 9 nitrogen and oxygen atoms in total. The Morgan fingerprint density at radius 3 is 2.81 bits per heavy atom. The highest BCUT2D eigenvalue weighted by molar-refractivity contribution is 9.10. The number of nitrogens with zero attached hydrogens (tertiary/aromatic N) is 4. The Bertz CT molecular complexity index is 917. The van der Waals surface area contributed by atoms with Crippen LogP contribution in [0.25, 0.3) is 11.0 Å². The number of guanidine groups is 1. The molecule has 1 aromatic heterocycles. The van der Waals surface area contributed by atoms with Gasteiger partial charge in [-0.05, 0) is 41.9 Å². The Kier molecular flexibility index (Phi) is 5.66. The minimum atomic E-state index is -1.29. The topological polar surface area (TPSA) is 117 Å². The molecule has 2 unspecified atom stereocenters. The fourth-order valence-electron chi connectivity index (χ4n) is 2.53. The third kappa shape index (κ3) is 4.06. The summed E-state index contributed by atoms with van der Waals surface area (Å²) in [4.78, 5) is 38.6. The van der Waals surface area contributed by atoms with Crippen LogP contribution in [0.1, 0.15) is 13.8 Å². The predicted molar refractivity (Wildman–Crippen MR) is 101 cm³/mol. The number of aliphatic hydroxyl groups is 1. The van der Waals surface area contributed by atoms with Gasteiger partial charge in [0.25, 0.3) is 5.91 Å². The lowest BCUT2D eigenvalue weighted by Gasteiger charge is -2.21. The third-order valence-corrected chi connectivity index (χ3v) is 4.69. The minimum absolute atomic E-state index is 0.351. The number of fused-ring (bicyclic) bond motifs is 1. The van der Waals surface area contributed by atoms with Gasteiger partial charge in [0.2, 0.25) is 5.96 Å². The zero-order chi connectivity index (χ0) is 19.6. The molecule has 0 saturated carbocycles. The van der Waals surface area contributed by atoms with Crippen LogP contribution in [0, 0.1) is 0 Å². The van der Waals surface area contributed by atoms with E-state index in [9.17, 15) is 14.7 Å². The molecule has 10 heteroatoms. The van der Waals surface area contributed by atoms with Gasteiger partial charge in [-0.1, -0.05) is 0 Å². The van der Waals surface area contributed by atoms with Gasteiger partial charge in [-0.2, -0.15) is 0 Å². The molecule has 3 rings (SSSR count). The van der Waals surface area contributed by atoms with Crippen molar-refractivity contribution >= 4 is 50.5 Å². The molecule has 0 bridgehead atoms. The molecule has 1 aliphatic heterocycles. The number of rotatable bonds is 4. The van der Waals surface area contributed by atoms with Crippen LogP contribution in [0.4, 0.5) is 5.69 Å². The van der Waals surface area contributed by atoms with Crippen molar-refractivity contribution in [1.29, 1.82) is 0 Å². The van der Waals surface area contributed by atoms with Gasteiger partial charge in [-0.25, -0.2) is 9.79 Å². The fraction of sp³-hybridized carbons (Fsp3) is 0.353. The molecule has 2 atom stereocenters. The number of benzene rings is 1. The number of carbonyl (C=O) groups is 2. The second-order valence-electron chi connectivity index (χ2n) is 5.93. The summed E-state index contributed by atoms with van der Waals surface area (Å²) < 4.78 is 5.64. The normalized spacial score (nSPS) is 17.6. The van der Waals surface area contributed by atoms with E-state index in [0.29, 0.717) is 34.7 Å². The van der Waals surface area contributed by atoms with E-state index in [0.717, 1.165) is 5.52 Å². The van der Waals surface area contributed by atoms with Gasteiger partial charge in [-0.3, -0.25) is 19.7 Å². The fourth-order valence-corrected chi connectivity index (χ4v) is 3.06. The number of aliphatic imine (C=N–C) groups is 1. The van der Waals surface area contributed by atoms with Crippen LogP contribution in [-0.2, 0) is 14.3 Å². The zero-order valence-corrected chi connectivity index (χ0v) is 16.3. The molecule has 1 aliphatic rings. The Labute approximate surface area is 163 Å². The summed E-state index contributed by atoms with van der Waals surface area (Å²) >= 11 is 3.49. The van der Waals surface area contributed by atoms with Crippen molar-refractivity contribution in [2.24, 2.45) is 4.99 Å². The number of hydrogen-bond acceptors (Lipinski definition) is 7.